The van der Waals surface area contributed by atoms with Crippen molar-refractivity contribution in [3.05, 3.63) is 41.3 Å². The zero-order valence-electron chi connectivity index (χ0n) is 11.3. The molecule has 112 valence electrons. The Morgan fingerprint density at radius 2 is 1.95 bits per heavy atom. The normalized spacial score (nSPS) is 10.9. The van der Waals surface area contributed by atoms with Gasteiger partial charge in [-0.25, -0.2) is 23.7 Å². The van der Waals surface area contributed by atoms with Crippen molar-refractivity contribution in [2.75, 3.05) is 12.8 Å². The third-order valence-electron chi connectivity index (χ3n) is 3.17. The number of ether oxygens (including phenoxy) is 1. The molecule has 0 fully saturated rings. The fourth-order valence-electron chi connectivity index (χ4n) is 2.13. The molecule has 0 bridgehead atoms. The number of anilines is 1. The van der Waals surface area contributed by atoms with Gasteiger partial charge in [0.2, 0.25) is 0 Å². The minimum atomic E-state index is -0.919. The summed E-state index contributed by atoms with van der Waals surface area (Å²) >= 11 is 5.61. The third-order valence-corrected chi connectivity index (χ3v) is 3.51. The molecule has 0 saturated heterocycles. The largest absolute Gasteiger partial charge is 0.494 e. The van der Waals surface area contributed by atoms with Crippen LogP contribution in [0.15, 0.2) is 24.7 Å². The molecule has 3 rings (SSSR count). The van der Waals surface area contributed by atoms with E-state index in [1.165, 1.54) is 25.7 Å². The van der Waals surface area contributed by atoms with Crippen LogP contribution < -0.4 is 10.5 Å². The number of nitrogen functional groups attached to an aromatic ring is 1. The first-order chi connectivity index (χ1) is 10.5. The highest BCUT2D eigenvalue weighted by molar-refractivity contribution is 6.31. The minimum Gasteiger partial charge on any atom is -0.494 e. The van der Waals surface area contributed by atoms with Gasteiger partial charge in [0.15, 0.2) is 5.82 Å². The standard InChI is InChI=1S/C14H9ClF2N4O/c1-22-8-4-19-12(13-9(8)14(18)21-5-20-13)6-2-3-7(16)10(15)11(6)17/h2-5H,1H3,(H2,18,20,21). The molecule has 0 spiro atoms. The number of pyridine rings is 1. The van der Waals surface area contributed by atoms with Crippen molar-refractivity contribution in [2.45, 2.75) is 0 Å². The molecule has 1 aromatic carbocycles. The van der Waals surface area contributed by atoms with E-state index in [0.29, 0.717) is 11.1 Å². The molecular formula is C14H9ClF2N4O. The van der Waals surface area contributed by atoms with E-state index in [-0.39, 0.29) is 22.6 Å². The maximum absolute atomic E-state index is 14.2. The summed E-state index contributed by atoms with van der Waals surface area (Å²) < 4.78 is 32.7. The highest BCUT2D eigenvalue weighted by Gasteiger charge is 2.19. The molecule has 0 aliphatic heterocycles. The first-order valence-corrected chi connectivity index (χ1v) is 6.49. The molecule has 5 nitrogen and oxygen atoms in total. The topological polar surface area (TPSA) is 73.9 Å². The smallest absolute Gasteiger partial charge is 0.154 e. The van der Waals surface area contributed by atoms with Crippen LogP contribution in [0.4, 0.5) is 14.6 Å². The number of nitrogens with two attached hydrogens (primary N) is 1. The molecule has 2 N–H and O–H groups in total. The van der Waals surface area contributed by atoms with Crippen molar-refractivity contribution in [1.29, 1.82) is 0 Å². The van der Waals surface area contributed by atoms with E-state index >= 15 is 0 Å². The number of benzene rings is 1. The van der Waals surface area contributed by atoms with Gasteiger partial charge in [-0.15, -0.1) is 0 Å². The summed E-state index contributed by atoms with van der Waals surface area (Å²) in [7, 11) is 1.44. The van der Waals surface area contributed by atoms with Crippen LogP contribution in [0.25, 0.3) is 22.2 Å². The minimum absolute atomic E-state index is 0.0113. The van der Waals surface area contributed by atoms with Crippen LogP contribution in [-0.2, 0) is 0 Å². The number of methoxy groups -OCH3 is 1. The molecule has 0 aliphatic rings. The van der Waals surface area contributed by atoms with Crippen LogP contribution in [-0.4, -0.2) is 22.1 Å². The highest BCUT2D eigenvalue weighted by Crippen LogP contribution is 2.36. The molecule has 3 aromatic rings. The van der Waals surface area contributed by atoms with Gasteiger partial charge < -0.3 is 10.5 Å². The number of fused-ring (bicyclic) bond motifs is 1. The molecule has 2 heterocycles. The molecule has 0 aliphatic carbocycles. The van der Waals surface area contributed by atoms with Gasteiger partial charge in [0.1, 0.15) is 34.3 Å². The van der Waals surface area contributed by atoms with Gasteiger partial charge in [0.25, 0.3) is 0 Å². The van der Waals surface area contributed by atoms with E-state index in [4.69, 9.17) is 22.1 Å². The molecule has 22 heavy (non-hydrogen) atoms. The predicted octanol–water partition coefficient (Wildman–Crippen LogP) is 3.21. The first kappa shape index (κ1) is 14.4. The quantitative estimate of drug-likeness (QED) is 0.733. The van der Waals surface area contributed by atoms with Gasteiger partial charge in [-0.3, -0.25) is 0 Å². The van der Waals surface area contributed by atoms with Crippen LogP contribution in [0, 0.1) is 11.6 Å². The Bertz CT molecular complexity index is 888. The summed E-state index contributed by atoms with van der Waals surface area (Å²) in [5, 5.41) is -0.208. The molecule has 8 heteroatoms. The van der Waals surface area contributed by atoms with E-state index in [1.807, 2.05) is 0 Å². The summed E-state index contributed by atoms with van der Waals surface area (Å²) in [6.45, 7) is 0. The fourth-order valence-corrected chi connectivity index (χ4v) is 2.30. The maximum Gasteiger partial charge on any atom is 0.154 e. The Labute approximate surface area is 128 Å². The Kier molecular flexibility index (Phi) is 3.50. The lowest BCUT2D eigenvalue weighted by atomic mass is 10.1. The summed E-state index contributed by atoms with van der Waals surface area (Å²) in [6.07, 6.45) is 2.60. The fraction of sp³-hybridized carbons (Fsp3) is 0.0714. The molecule has 0 radical (unpaired) electrons. The highest BCUT2D eigenvalue weighted by atomic mass is 35.5. The number of hydrogen-bond acceptors (Lipinski definition) is 5. The van der Waals surface area contributed by atoms with Crippen molar-refractivity contribution >= 4 is 28.3 Å². The molecule has 0 unspecified atom stereocenters. The zero-order chi connectivity index (χ0) is 15.9. The SMILES string of the molecule is COc1cnc(-c2ccc(F)c(Cl)c2F)c2ncnc(N)c12. The maximum atomic E-state index is 14.2. The Hall–Kier alpha value is -2.54. The van der Waals surface area contributed by atoms with Crippen LogP contribution in [0.2, 0.25) is 5.02 Å². The second-order valence-electron chi connectivity index (χ2n) is 4.38. The van der Waals surface area contributed by atoms with Crippen LogP contribution >= 0.6 is 11.6 Å². The van der Waals surface area contributed by atoms with Gasteiger partial charge >= 0.3 is 0 Å². The van der Waals surface area contributed by atoms with Gasteiger partial charge in [-0.2, -0.15) is 0 Å². The van der Waals surface area contributed by atoms with Gasteiger partial charge in [-0.1, -0.05) is 11.6 Å². The summed E-state index contributed by atoms with van der Waals surface area (Å²) in [5.74, 6) is -1.25. The number of aromatic nitrogens is 3. The van der Waals surface area contributed by atoms with Gasteiger partial charge in [0.05, 0.1) is 24.4 Å². The Morgan fingerprint density at radius 3 is 2.68 bits per heavy atom. The van der Waals surface area contributed by atoms with Gasteiger partial charge in [0, 0.05) is 5.56 Å². The lowest BCUT2D eigenvalue weighted by Gasteiger charge is -2.11. The van der Waals surface area contributed by atoms with E-state index in [0.717, 1.165) is 6.07 Å². The monoisotopic (exact) mass is 322 g/mol. The summed E-state index contributed by atoms with van der Waals surface area (Å²) in [4.78, 5) is 12.1. The Morgan fingerprint density at radius 1 is 1.18 bits per heavy atom. The molecule has 0 amide bonds. The Balaban J connectivity index is 2.39. The third kappa shape index (κ3) is 2.10. The second kappa shape index (κ2) is 5.34. The van der Waals surface area contributed by atoms with Crippen molar-refractivity contribution in [3.8, 4) is 17.0 Å². The van der Waals surface area contributed by atoms with Crippen LogP contribution in [0.5, 0.6) is 5.75 Å². The van der Waals surface area contributed by atoms with Gasteiger partial charge in [-0.05, 0) is 12.1 Å². The van der Waals surface area contributed by atoms with Crippen LogP contribution in [0.1, 0.15) is 0 Å². The predicted molar refractivity (Wildman–Crippen MR) is 78.7 cm³/mol. The number of nitrogens with zero attached hydrogens (tertiary/aromatic N) is 3. The van der Waals surface area contributed by atoms with Crippen molar-refractivity contribution in [2.24, 2.45) is 0 Å². The molecule has 0 atom stereocenters. The number of rotatable bonds is 2. The molecule has 2 aromatic heterocycles. The average Bonchev–Trinajstić information content (AvgIpc) is 2.52. The molecular weight excluding hydrogens is 314 g/mol. The lowest BCUT2D eigenvalue weighted by molar-refractivity contribution is 0.418. The van der Waals surface area contributed by atoms with Crippen molar-refractivity contribution in [1.82, 2.24) is 15.0 Å². The van der Waals surface area contributed by atoms with E-state index in [1.54, 1.807) is 0 Å². The first-order valence-electron chi connectivity index (χ1n) is 6.11. The molecule has 0 saturated carbocycles. The van der Waals surface area contributed by atoms with Crippen LogP contribution in [0.3, 0.4) is 0 Å². The van der Waals surface area contributed by atoms with E-state index in [2.05, 4.69) is 15.0 Å². The van der Waals surface area contributed by atoms with Crippen molar-refractivity contribution in [3.63, 3.8) is 0 Å². The van der Waals surface area contributed by atoms with E-state index in [9.17, 15) is 8.78 Å². The average molecular weight is 323 g/mol. The summed E-state index contributed by atoms with van der Waals surface area (Å²) in [6, 6.07) is 2.30. The number of hydrogen-bond donors (Lipinski definition) is 1. The zero-order valence-corrected chi connectivity index (χ0v) is 12.0. The second-order valence-corrected chi connectivity index (χ2v) is 4.76. The summed E-state index contributed by atoms with van der Waals surface area (Å²) in [5.41, 5.74) is 6.30. The lowest BCUT2D eigenvalue weighted by Crippen LogP contribution is -2.00. The van der Waals surface area contributed by atoms with Crippen molar-refractivity contribution < 1.29 is 13.5 Å². The van der Waals surface area contributed by atoms with E-state index < -0.39 is 16.7 Å². The number of halogens is 3.